The summed E-state index contributed by atoms with van der Waals surface area (Å²) in [4.78, 5) is 5.69. The summed E-state index contributed by atoms with van der Waals surface area (Å²) >= 11 is 1.70. The second kappa shape index (κ2) is 6.24. The van der Waals surface area contributed by atoms with Crippen LogP contribution in [0, 0.1) is 0 Å². The normalized spacial score (nSPS) is 19.7. The molecule has 2 N–H and O–H groups in total. The van der Waals surface area contributed by atoms with Gasteiger partial charge in [-0.1, -0.05) is 54.6 Å². The highest BCUT2D eigenvalue weighted by Gasteiger charge is 2.30. The molecular formula is C19H18N2OS. The van der Waals surface area contributed by atoms with Gasteiger partial charge < -0.3 is 10.4 Å². The summed E-state index contributed by atoms with van der Waals surface area (Å²) in [6, 6.07) is 18.5. The Hall–Kier alpha value is -2.01. The van der Waals surface area contributed by atoms with Crippen LogP contribution < -0.4 is 5.32 Å². The number of aromatic nitrogens is 1. The van der Waals surface area contributed by atoms with E-state index in [9.17, 15) is 5.11 Å². The fraction of sp³-hybridized carbons (Fsp3) is 0.211. The van der Waals surface area contributed by atoms with Gasteiger partial charge in [0.25, 0.3) is 0 Å². The second-order valence-corrected chi connectivity index (χ2v) is 6.94. The third-order valence-electron chi connectivity index (χ3n) is 4.27. The van der Waals surface area contributed by atoms with Gasteiger partial charge in [-0.05, 0) is 11.1 Å². The van der Waals surface area contributed by atoms with Crippen LogP contribution in [0.25, 0.3) is 10.6 Å². The fourth-order valence-electron chi connectivity index (χ4n) is 3.13. The van der Waals surface area contributed by atoms with Gasteiger partial charge in [0.2, 0.25) is 0 Å². The van der Waals surface area contributed by atoms with Crippen LogP contribution in [0.5, 0.6) is 0 Å². The lowest BCUT2D eigenvalue weighted by Crippen LogP contribution is -2.28. The molecular weight excluding hydrogens is 304 g/mol. The molecule has 0 fully saturated rings. The maximum Gasteiger partial charge on any atom is 0.123 e. The summed E-state index contributed by atoms with van der Waals surface area (Å²) < 4.78 is 0. The van der Waals surface area contributed by atoms with Crippen molar-refractivity contribution in [1.29, 1.82) is 0 Å². The average molecular weight is 322 g/mol. The minimum absolute atomic E-state index is 0.00785. The number of benzene rings is 2. The predicted molar refractivity (Wildman–Crippen MR) is 93.3 cm³/mol. The number of aliphatic hydroxyl groups excluding tert-OH is 1. The van der Waals surface area contributed by atoms with Crippen molar-refractivity contribution in [2.75, 3.05) is 0 Å². The zero-order valence-electron chi connectivity index (χ0n) is 12.6. The Labute approximate surface area is 139 Å². The molecule has 23 heavy (non-hydrogen) atoms. The van der Waals surface area contributed by atoms with E-state index in [0.29, 0.717) is 0 Å². The molecule has 2 atom stereocenters. The Morgan fingerprint density at radius 3 is 2.74 bits per heavy atom. The molecule has 0 saturated carbocycles. The van der Waals surface area contributed by atoms with E-state index in [4.69, 9.17) is 0 Å². The molecule has 0 saturated heterocycles. The minimum Gasteiger partial charge on any atom is -0.391 e. The molecule has 3 nitrogen and oxygen atoms in total. The van der Waals surface area contributed by atoms with E-state index in [-0.39, 0.29) is 12.1 Å². The highest BCUT2D eigenvalue weighted by molar-refractivity contribution is 7.15. The van der Waals surface area contributed by atoms with Crippen molar-refractivity contribution in [3.63, 3.8) is 0 Å². The zero-order chi connectivity index (χ0) is 15.6. The highest BCUT2D eigenvalue weighted by atomic mass is 32.1. The number of aliphatic hydroxyl groups is 1. The van der Waals surface area contributed by atoms with Crippen molar-refractivity contribution in [3.8, 4) is 10.6 Å². The lowest BCUT2D eigenvalue weighted by molar-refractivity contribution is 0.141. The summed E-state index contributed by atoms with van der Waals surface area (Å²) in [6.07, 6.45) is 2.30. The number of thiazole rings is 1. The maximum absolute atomic E-state index is 10.3. The summed E-state index contributed by atoms with van der Waals surface area (Å²) in [5.74, 6) is 0. The standard InChI is InChI=1S/C19H18N2OS/c22-17-10-14-8-4-5-9-16(14)18(17)20-11-15-12-21-19(23-15)13-6-2-1-3-7-13/h1-9,12,17-18,20,22H,10-11H2/t17-,18+/m1/s1. The maximum atomic E-state index is 10.3. The Kier molecular flexibility index (Phi) is 3.95. The molecule has 0 unspecified atom stereocenters. The number of nitrogens with zero attached hydrogens (tertiary/aromatic N) is 1. The van der Waals surface area contributed by atoms with Crippen LogP contribution in [0.2, 0.25) is 0 Å². The third kappa shape index (κ3) is 2.93. The van der Waals surface area contributed by atoms with Crippen molar-refractivity contribution >= 4 is 11.3 Å². The molecule has 1 aromatic heterocycles. The SMILES string of the molecule is O[C@@H]1Cc2ccccc2[C@@H]1NCc1cnc(-c2ccccc2)s1. The summed E-state index contributed by atoms with van der Waals surface area (Å²) in [5, 5.41) is 14.8. The molecule has 0 radical (unpaired) electrons. The van der Waals surface area contributed by atoms with Crippen LogP contribution in [0.3, 0.4) is 0 Å². The van der Waals surface area contributed by atoms with Gasteiger partial charge in [0.1, 0.15) is 5.01 Å². The molecule has 0 spiro atoms. The molecule has 3 aromatic rings. The van der Waals surface area contributed by atoms with Gasteiger partial charge in [-0.25, -0.2) is 4.98 Å². The van der Waals surface area contributed by atoms with Crippen LogP contribution in [-0.4, -0.2) is 16.2 Å². The van der Waals surface area contributed by atoms with Crippen molar-refractivity contribution in [2.24, 2.45) is 0 Å². The van der Waals surface area contributed by atoms with Gasteiger partial charge in [-0.15, -0.1) is 11.3 Å². The summed E-state index contributed by atoms with van der Waals surface area (Å²) in [5.41, 5.74) is 3.61. The monoisotopic (exact) mass is 322 g/mol. The van der Waals surface area contributed by atoms with E-state index < -0.39 is 0 Å². The molecule has 4 heteroatoms. The van der Waals surface area contributed by atoms with E-state index in [1.54, 1.807) is 11.3 Å². The van der Waals surface area contributed by atoms with E-state index >= 15 is 0 Å². The first-order valence-corrected chi connectivity index (χ1v) is 8.62. The van der Waals surface area contributed by atoms with Gasteiger partial charge in [0.05, 0.1) is 12.1 Å². The fourth-order valence-corrected chi connectivity index (χ4v) is 4.00. The van der Waals surface area contributed by atoms with Crippen LogP contribution in [0.15, 0.2) is 60.8 Å². The molecule has 1 heterocycles. The largest absolute Gasteiger partial charge is 0.391 e. The van der Waals surface area contributed by atoms with E-state index in [0.717, 1.165) is 23.5 Å². The third-order valence-corrected chi connectivity index (χ3v) is 5.32. The first-order valence-electron chi connectivity index (χ1n) is 7.80. The van der Waals surface area contributed by atoms with E-state index in [1.165, 1.54) is 16.0 Å². The zero-order valence-corrected chi connectivity index (χ0v) is 13.5. The first kappa shape index (κ1) is 14.6. The van der Waals surface area contributed by atoms with Crippen LogP contribution in [0.4, 0.5) is 0 Å². The number of hydrogen-bond donors (Lipinski definition) is 2. The number of fused-ring (bicyclic) bond motifs is 1. The Morgan fingerprint density at radius 2 is 1.87 bits per heavy atom. The van der Waals surface area contributed by atoms with Gasteiger partial charge in [-0.2, -0.15) is 0 Å². The van der Waals surface area contributed by atoms with Crippen LogP contribution >= 0.6 is 11.3 Å². The van der Waals surface area contributed by atoms with Crippen LogP contribution in [0.1, 0.15) is 22.0 Å². The molecule has 116 valence electrons. The molecule has 1 aliphatic rings. The highest BCUT2D eigenvalue weighted by Crippen LogP contribution is 2.32. The van der Waals surface area contributed by atoms with Crippen molar-refractivity contribution in [3.05, 3.63) is 76.8 Å². The second-order valence-electron chi connectivity index (χ2n) is 5.83. The topological polar surface area (TPSA) is 45.1 Å². The first-order chi connectivity index (χ1) is 11.3. The van der Waals surface area contributed by atoms with Gasteiger partial charge in [0.15, 0.2) is 0 Å². The smallest absolute Gasteiger partial charge is 0.123 e. The van der Waals surface area contributed by atoms with Gasteiger partial charge in [0, 0.05) is 29.6 Å². The minimum atomic E-state index is -0.353. The molecule has 4 rings (SSSR count). The lowest BCUT2D eigenvalue weighted by atomic mass is 10.1. The molecule has 0 aliphatic heterocycles. The molecule has 0 bridgehead atoms. The lowest BCUT2D eigenvalue weighted by Gasteiger charge is -2.17. The Morgan fingerprint density at radius 1 is 1.09 bits per heavy atom. The Balaban J connectivity index is 1.47. The average Bonchev–Trinajstić information content (AvgIpc) is 3.18. The molecule has 2 aromatic carbocycles. The molecule has 0 amide bonds. The van der Waals surface area contributed by atoms with Gasteiger partial charge in [-0.3, -0.25) is 0 Å². The van der Waals surface area contributed by atoms with Crippen LogP contribution in [-0.2, 0) is 13.0 Å². The predicted octanol–water partition coefficient (Wildman–Crippen LogP) is 3.56. The number of rotatable bonds is 4. The summed E-state index contributed by atoms with van der Waals surface area (Å²) in [7, 11) is 0. The van der Waals surface area contributed by atoms with Crippen molar-refractivity contribution < 1.29 is 5.11 Å². The molecule has 1 aliphatic carbocycles. The van der Waals surface area contributed by atoms with E-state index in [1.807, 2.05) is 36.5 Å². The Bertz CT molecular complexity index is 800. The van der Waals surface area contributed by atoms with Crippen molar-refractivity contribution in [2.45, 2.75) is 25.1 Å². The number of nitrogens with one attached hydrogen (secondary N) is 1. The summed E-state index contributed by atoms with van der Waals surface area (Å²) in [6.45, 7) is 0.723. The van der Waals surface area contributed by atoms with Crippen molar-refractivity contribution in [1.82, 2.24) is 10.3 Å². The number of hydrogen-bond acceptors (Lipinski definition) is 4. The quantitative estimate of drug-likeness (QED) is 0.772. The van der Waals surface area contributed by atoms with E-state index in [2.05, 4.69) is 34.6 Å². The van der Waals surface area contributed by atoms with Gasteiger partial charge >= 0.3 is 0 Å².